The number of nitrogens with zero attached hydrogens (tertiary/aromatic N) is 1. The number of anilines is 1. The molecular weight excluding hydrogens is 330 g/mol. The lowest BCUT2D eigenvalue weighted by Crippen LogP contribution is -2.19. The first kappa shape index (κ1) is 16.4. The van der Waals surface area contributed by atoms with Crippen molar-refractivity contribution >= 4 is 21.4 Å². The lowest BCUT2D eigenvalue weighted by molar-refractivity contribution is -0.384. The molecule has 3 rings (SSSR count). The number of aryl methyl sites for hydroxylation is 1. The summed E-state index contributed by atoms with van der Waals surface area (Å²) in [6.07, 6.45) is 1.75. The molecule has 2 N–H and O–H groups in total. The van der Waals surface area contributed by atoms with Gasteiger partial charge in [-0.25, -0.2) is 13.1 Å². The van der Waals surface area contributed by atoms with E-state index in [0.29, 0.717) is 5.69 Å². The van der Waals surface area contributed by atoms with Gasteiger partial charge < -0.3 is 5.32 Å². The molecule has 0 aliphatic heterocycles. The fraction of sp³-hybridized carbons (Fsp3) is 0.250. The van der Waals surface area contributed by atoms with Crippen LogP contribution in [0.15, 0.2) is 47.4 Å². The van der Waals surface area contributed by atoms with E-state index in [4.69, 9.17) is 0 Å². The Morgan fingerprint density at radius 3 is 2.67 bits per heavy atom. The van der Waals surface area contributed by atoms with Crippen LogP contribution in [0.1, 0.15) is 23.6 Å². The molecule has 1 aliphatic carbocycles. The Balaban J connectivity index is 1.96. The van der Waals surface area contributed by atoms with Crippen LogP contribution < -0.4 is 10.0 Å². The van der Waals surface area contributed by atoms with Gasteiger partial charge in [0.15, 0.2) is 0 Å². The van der Waals surface area contributed by atoms with Crippen molar-refractivity contribution in [3.8, 4) is 0 Å². The third-order valence-electron chi connectivity index (χ3n) is 4.21. The van der Waals surface area contributed by atoms with Gasteiger partial charge in [0.1, 0.15) is 5.69 Å². The molecule has 1 aliphatic rings. The number of fused-ring (bicyclic) bond motifs is 1. The topological polar surface area (TPSA) is 101 Å². The average Bonchev–Trinajstić information content (AvgIpc) is 2.98. The second-order valence-electron chi connectivity index (χ2n) is 5.58. The number of rotatable bonds is 5. The van der Waals surface area contributed by atoms with Crippen LogP contribution in [-0.2, 0) is 16.4 Å². The van der Waals surface area contributed by atoms with Gasteiger partial charge in [0.2, 0.25) is 10.0 Å². The summed E-state index contributed by atoms with van der Waals surface area (Å²) in [5, 5.41) is 14.5. The summed E-state index contributed by atoms with van der Waals surface area (Å²) in [5.41, 5.74) is 2.42. The first-order valence-corrected chi connectivity index (χ1v) is 8.97. The molecule has 24 heavy (non-hydrogen) atoms. The summed E-state index contributed by atoms with van der Waals surface area (Å²) < 4.78 is 25.8. The lowest BCUT2D eigenvalue weighted by Gasteiger charge is -2.16. The van der Waals surface area contributed by atoms with Crippen molar-refractivity contribution in [3.63, 3.8) is 0 Å². The molecule has 0 saturated heterocycles. The maximum absolute atomic E-state index is 11.8. The van der Waals surface area contributed by atoms with Crippen LogP contribution in [0.3, 0.4) is 0 Å². The maximum atomic E-state index is 11.8. The molecule has 0 spiro atoms. The molecule has 0 bridgehead atoms. The van der Waals surface area contributed by atoms with Crippen LogP contribution in [0.2, 0.25) is 0 Å². The summed E-state index contributed by atoms with van der Waals surface area (Å²) in [5.74, 6) is 0. The molecule has 7 nitrogen and oxygen atoms in total. The summed E-state index contributed by atoms with van der Waals surface area (Å²) in [7, 11) is -2.46. The smallest absolute Gasteiger partial charge is 0.293 e. The molecule has 126 valence electrons. The first-order chi connectivity index (χ1) is 11.4. The summed E-state index contributed by atoms with van der Waals surface area (Å²) >= 11 is 0. The van der Waals surface area contributed by atoms with E-state index < -0.39 is 14.9 Å². The van der Waals surface area contributed by atoms with Crippen LogP contribution >= 0.6 is 0 Å². The highest BCUT2D eigenvalue weighted by atomic mass is 32.2. The highest BCUT2D eigenvalue weighted by Crippen LogP contribution is 2.36. The number of hydrogen-bond donors (Lipinski definition) is 2. The SMILES string of the molecule is CNS(=O)(=O)c1ccc(NC2CCc3ccccc32)c([N+](=O)[O-])c1. The minimum absolute atomic E-state index is 0.0216. The van der Waals surface area contributed by atoms with Crippen molar-refractivity contribution in [1.82, 2.24) is 4.72 Å². The minimum Gasteiger partial charge on any atom is -0.373 e. The van der Waals surface area contributed by atoms with Gasteiger partial charge in [0.05, 0.1) is 15.9 Å². The van der Waals surface area contributed by atoms with Crippen molar-refractivity contribution in [2.45, 2.75) is 23.8 Å². The van der Waals surface area contributed by atoms with Gasteiger partial charge in [-0.15, -0.1) is 0 Å². The summed E-state index contributed by atoms with van der Waals surface area (Å²) in [6.45, 7) is 0. The van der Waals surface area contributed by atoms with Crippen LogP contribution in [0.25, 0.3) is 0 Å². The van der Waals surface area contributed by atoms with Crippen molar-refractivity contribution < 1.29 is 13.3 Å². The van der Waals surface area contributed by atoms with E-state index in [-0.39, 0.29) is 16.6 Å². The quantitative estimate of drug-likeness (QED) is 0.639. The molecule has 0 aromatic heterocycles. The second-order valence-corrected chi connectivity index (χ2v) is 7.46. The summed E-state index contributed by atoms with van der Waals surface area (Å²) in [4.78, 5) is 10.7. The Hall–Kier alpha value is -2.45. The third kappa shape index (κ3) is 2.98. The number of sulfonamides is 1. The van der Waals surface area contributed by atoms with Gasteiger partial charge in [-0.05, 0) is 43.1 Å². The number of nitro groups is 1. The monoisotopic (exact) mass is 347 g/mol. The number of nitro benzene ring substituents is 1. The molecule has 0 saturated carbocycles. The van der Waals surface area contributed by atoms with E-state index in [1.54, 1.807) is 0 Å². The standard InChI is InChI=1S/C16H17N3O4S/c1-17-24(22,23)12-7-9-15(16(10-12)19(20)21)18-14-8-6-11-4-2-3-5-13(11)14/h2-5,7,9-10,14,17-18H,6,8H2,1H3. The number of hydrogen-bond acceptors (Lipinski definition) is 5. The highest BCUT2D eigenvalue weighted by Gasteiger charge is 2.26. The Kier molecular flexibility index (Phi) is 4.25. The van der Waals surface area contributed by atoms with Crippen molar-refractivity contribution in [3.05, 3.63) is 63.7 Å². The maximum Gasteiger partial charge on any atom is 0.293 e. The number of nitrogens with one attached hydrogen (secondary N) is 2. The Labute approximate surface area is 139 Å². The van der Waals surface area contributed by atoms with E-state index in [2.05, 4.69) is 10.0 Å². The zero-order valence-corrected chi connectivity index (χ0v) is 13.8. The van der Waals surface area contributed by atoms with E-state index in [9.17, 15) is 18.5 Å². The van der Waals surface area contributed by atoms with Gasteiger partial charge in [-0.2, -0.15) is 0 Å². The molecular formula is C16H17N3O4S. The molecule has 0 radical (unpaired) electrons. The van der Waals surface area contributed by atoms with E-state index in [1.807, 2.05) is 24.3 Å². The summed E-state index contributed by atoms with van der Waals surface area (Å²) in [6, 6.07) is 11.8. The van der Waals surface area contributed by atoms with E-state index in [1.165, 1.54) is 24.7 Å². The van der Waals surface area contributed by atoms with E-state index >= 15 is 0 Å². The average molecular weight is 347 g/mol. The second kappa shape index (κ2) is 6.21. The van der Waals surface area contributed by atoms with Gasteiger partial charge in [0, 0.05) is 6.07 Å². The predicted octanol–water partition coefficient (Wildman–Crippen LogP) is 2.60. The van der Waals surface area contributed by atoms with Crippen molar-refractivity contribution in [2.75, 3.05) is 12.4 Å². The number of benzene rings is 2. The van der Waals surface area contributed by atoms with Crippen LogP contribution in [0, 0.1) is 10.1 Å². The molecule has 2 aromatic carbocycles. The molecule has 8 heteroatoms. The Bertz CT molecular complexity index is 896. The molecule has 0 amide bonds. The van der Waals surface area contributed by atoms with Gasteiger partial charge in [0.25, 0.3) is 5.69 Å². The Morgan fingerprint density at radius 1 is 1.21 bits per heavy atom. The molecule has 1 unspecified atom stereocenters. The van der Waals surface area contributed by atoms with Gasteiger partial charge >= 0.3 is 0 Å². The highest BCUT2D eigenvalue weighted by molar-refractivity contribution is 7.89. The fourth-order valence-electron chi connectivity index (χ4n) is 2.96. The van der Waals surface area contributed by atoms with Crippen LogP contribution in [-0.4, -0.2) is 20.4 Å². The van der Waals surface area contributed by atoms with E-state index in [0.717, 1.165) is 24.5 Å². The van der Waals surface area contributed by atoms with Gasteiger partial charge in [-0.3, -0.25) is 10.1 Å². The molecule has 0 fully saturated rings. The Morgan fingerprint density at radius 2 is 1.96 bits per heavy atom. The van der Waals surface area contributed by atoms with Crippen LogP contribution in [0.5, 0.6) is 0 Å². The fourth-order valence-corrected chi connectivity index (χ4v) is 3.71. The van der Waals surface area contributed by atoms with Gasteiger partial charge in [-0.1, -0.05) is 24.3 Å². The normalized spacial score (nSPS) is 16.6. The van der Waals surface area contributed by atoms with Crippen LogP contribution in [0.4, 0.5) is 11.4 Å². The van der Waals surface area contributed by atoms with Crippen molar-refractivity contribution in [1.29, 1.82) is 0 Å². The zero-order valence-electron chi connectivity index (χ0n) is 13.0. The third-order valence-corrected chi connectivity index (χ3v) is 5.62. The predicted molar refractivity (Wildman–Crippen MR) is 90.5 cm³/mol. The zero-order chi connectivity index (χ0) is 17.3. The first-order valence-electron chi connectivity index (χ1n) is 7.48. The largest absolute Gasteiger partial charge is 0.373 e. The molecule has 1 atom stereocenters. The van der Waals surface area contributed by atoms with Crippen molar-refractivity contribution in [2.24, 2.45) is 0 Å². The lowest BCUT2D eigenvalue weighted by atomic mass is 10.1. The molecule has 2 aromatic rings. The molecule has 0 heterocycles. The minimum atomic E-state index is -3.73.